The zero-order chi connectivity index (χ0) is 58.0. The molecule has 13 N–H and O–H groups in total. The maximum absolute atomic E-state index is 13.7. The number of unbranched alkanes of at least 4 members (excludes halogenated alkanes) is 2. The SMILES string of the molecule is CN=C(NC)NCCC/C=C/CCC[C@H](C)[C@@H]1OC(=O)/C(C)=C\C=C\[C@@H](C)[C@H](O)C[C@H](O)[C@@H](C)[C@@H](O)CC[C@H](C)[C@H](O)C[C@@]2(O)O[C@@H](C[C@H](O)C[C@H](OC(=O)CC(=O)O)C[C@@H](O)C[C@@H](O)/C(C)=C/C=C/[C@@H]1C)C[C@@H](O)[C@@H]2O. The molecule has 20 nitrogen and oxygen atoms in total. The van der Waals surface area contributed by atoms with Crippen molar-refractivity contribution in [2.75, 3.05) is 20.6 Å². The van der Waals surface area contributed by atoms with E-state index in [1.54, 1.807) is 72.0 Å². The summed E-state index contributed by atoms with van der Waals surface area (Å²) in [6.07, 6.45) is 1.35. The molecular formula is C57H97N3O17. The average molecular weight is 1100 g/mol. The highest BCUT2D eigenvalue weighted by atomic mass is 16.7. The first-order valence-electron chi connectivity index (χ1n) is 27.6. The molecule has 0 amide bonds. The third-order valence-electron chi connectivity index (χ3n) is 15.0. The van der Waals surface area contributed by atoms with Crippen LogP contribution in [0.3, 0.4) is 0 Å². The molecule has 0 aromatic carbocycles. The Morgan fingerprint density at radius 2 is 1.43 bits per heavy atom. The Bertz CT molecular complexity index is 1940. The lowest BCUT2D eigenvalue weighted by molar-refractivity contribution is -0.333. The summed E-state index contributed by atoms with van der Waals surface area (Å²) >= 11 is 0. The van der Waals surface area contributed by atoms with E-state index in [0.717, 1.165) is 44.6 Å². The summed E-state index contributed by atoms with van der Waals surface area (Å²) in [5, 5.41) is 127. The maximum atomic E-state index is 13.7. The van der Waals surface area contributed by atoms with Crippen molar-refractivity contribution in [3.05, 3.63) is 59.8 Å². The molecule has 20 heteroatoms. The Balaban J connectivity index is 2.44. The first-order chi connectivity index (χ1) is 36.2. The molecule has 1 fully saturated rings. The van der Waals surface area contributed by atoms with E-state index in [0.29, 0.717) is 11.1 Å². The van der Waals surface area contributed by atoms with Gasteiger partial charge in [0.1, 0.15) is 24.7 Å². The number of carboxylic acids is 1. The number of allylic oxidation sites excluding steroid dienone is 6. The normalized spacial score (nSPS) is 37.6. The van der Waals surface area contributed by atoms with Gasteiger partial charge in [0.25, 0.3) is 0 Å². The van der Waals surface area contributed by atoms with Crippen molar-refractivity contribution in [1.29, 1.82) is 0 Å². The molecule has 2 heterocycles. The Morgan fingerprint density at radius 3 is 2.06 bits per heavy atom. The molecule has 1 saturated heterocycles. The van der Waals surface area contributed by atoms with Gasteiger partial charge < -0.3 is 81.0 Å². The summed E-state index contributed by atoms with van der Waals surface area (Å²) in [4.78, 5) is 41.6. The minimum Gasteiger partial charge on any atom is -0.481 e. The van der Waals surface area contributed by atoms with Crippen LogP contribution in [-0.2, 0) is 28.6 Å². The predicted octanol–water partition coefficient (Wildman–Crippen LogP) is 3.63. The van der Waals surface area contributed by atoms with E-state index in [-0.39, 0.29) is 63.2 Å². The molecule has 442 valence electrons. The van der Waals surface area contributed by atoms with E-state index >= 15 is 0 Å². The standard InChI is InChI=1S/C57H97N3O17/c1-34-19-16-21-38(5)53(37(4)18-14-12-10-11-13-15-25-60-56(58-8)59-9)76-55(73)39(6)22-17-20-35(2)47(65)31-48(66)40(7)45(63)24-23-36(3)50(68)33-57(74)54(72)49(67)30-44(77-57)28-41(61)26-43(27-42(62)29-46(34)64)75-52(71)32-51(69)70/h10-11,16-17,19-22,35-38,40-50,53-54,61-68,72,74H,12-15,18,23-33H2,1-9H3,(H,69,70)(H2,58,59,60)/b11-10+,20-17+,21-16+,34-19+,39-22-/t35-,36+,37+,38+,40+,41-,42-,43+,44+,45+,46-,47-,48+,49-,50-,53+,54+,57-/m1/s1. The van der Waals surface area contributed by atoms with E-state index in [1.165, 1.54) is 0 Å². The lowest BCUT2D eigenvalue weighted by Crippen LogP contribution is -2.59. The summed E-state index contributed by atoms with van der Waals surface area (Å²) in [7, 11) is 3.53. The fourth-order valence-corrected chi connectivity index (χ4v) is 9.63. The lowest BCUT2D eigenvalue weighted by Gasteiger charge is -2.45. The highest BCUT2D eigenvalue weighted by Gasteiger charge is 2.50. The largest absolute Gasteiger partial charge is 0.481 e. The second kappa shape index (κ2) is 35.5. The number of carboxylic acid groups (broad SMARTS) is 1. The van der Waals surface area contributed by atoms with Crippen LogP contribution in [0.15, 0.2) is 64.7 Å². The number of nitrogens with zero attached hydrogens (tertiary/aromatic N) is 1. The van der Waals surface area contributed by atoms with Crippen molar-refractivity contribution in [2.24, 2.45) is 34.6 Å². The van der Waals surface area contributed by atoms with Crippen LogP contribution < -0.4 is 10.6 Å². The topological polar surface area (TPSA) is 338 Å². The third kappa shape index (κ3) is 25.7. The molecule has 2 aliphatic rings. The minimum absolute atomic E-state index is 0.0655. The third-order valence-corrected chi connectivity index (χ3v) is 15.0. The van der Waals surface area contributed by atoms with E-state index < -0.39 is 128 Å². The molecule has 0 aliphatic carbocycles. The van der Waals surface area contributed by atoms with Gasteiger partial charge in [-0.3, -0.25) is 14.6 Å². The molecule has 2 aliphatic heterocycles. The van der Waals surface area contributed by atoms with Crippen LogP contribution in [0, 0.1) is 29.6 Å². The van der Waals surface area contributed by atoms with Crippen LogP contribution in [0.25, 0.3) is 0 Å². The number of aliphatic hydroxyl groups is 10. The molecule has 0 radical (unpaired) electrons. The predicted molar refractivity (Wildman–Crippen MR) is 292 cm³/mol. The average Bonchev–Trinajstić information content (AvgIpc) is 3.35. The first kappa shape index (κ1) is 69.0. The number of esters is 2. The summed E-state index contributed by atoms with van der Waals surface area (Å²) < 4.78 is 17.4. The van der Waals surface area contributed by atoms with E-state index in [2.05, 4.69) is 27.8 Å². The first-order valence-corrected chi connectivity index (χ1v) is 27.6. The maximum Gasteiger partial charge on any atom is 0.334 e. The number of fused-ring (bicyclic) bond motifs is 2. The van der Waals surface area contributed by atoms with Crippen molar-refractivity contribution in [1.82, 2.24) is 10.6 Å². The molecule has 2 rings (SSSR count). The Morgan fingerprint density at radius 1 is 0.805 bits per heavy atom. The van der Waals surface area contributed by atoms with Crippen LogP contribution in [0.1, 0.15) is 145 Å². The number of hydrogen-bond acceptors (Lipinski definition) is 17. The van der Waals surface area contributed by atoms with Crippen molar-refractivity contribution < 1.29 is 84.8 Å². The minimum atomic E-state index is -2.48. The molecule has 77 heavy (non-hydrogen) atoms. The highest BCUT2D eigenvalue weighted by molar-refractivity contribution is 5.90. The molecule has 18 atom stereocenters. The van der Waals surface area contributed by atoms with Crippen LogP contribution in [0.2, 0.25) is 0 Å². The highest BCUT2D eigenvalue weighted by Crippen LogP contribution is 2.36. The molecule has 0 aromatic rings. The van der Waals surface area contributed by atoms with Crippen LogP contribution >= 0.6 is 0 Å². The zero-order valence-corrected chi connectivity index (χ0v) is 47.1. The van der Waals surface area contributed by atoms with E-state index in [4.69, 9.17) is 14.2 Å². The smallest absolute Gasteiger partial charge is 0.334 e. The molecular weight excluding hydrogens is 999 g/mol. The summed E-state index contributed by atoms with van der Waals surface area (Å²) in [5.74, 6) is -6.98. The number of guanidine groups is 1. The van der Waals surface area contributed by atoms with Crippen molar-refractivity contribution in [2.45, 2.75) is 224 Å². The van der Waals surface area contributed by atoms with Gasteiger partial charge in [0.05, 0.1) is 54.9 Å². The fraction of sp³-hybridized carbons (Fsp3) is 0.754. The van der Waals surface area contributed by atoms with Gasteiger partial charge in [-0.1, -0.05) is 83.2 Å². The summed E-state index contributed by atoms with van der Waals surface area (Å²) in [5.41, 5.74) is 0.779. The number of carbonyl (C=O) groups is 3. The van der Waals surface area contributed by atoms with Gasteiger partial charge in [0.2, 0.25) is 0 Å². The van der Waals surface area contributed by atoms with E-state index in [1.807, 2.05) is 27.0 Å². The second-order valence-electron chi connectivity index (χ2n) is 21.8. The summed E-state index contributed by atoms with van der Waals surface area (Å²) in [6, 6.07) is 0. The monoisotopic (exact) mass is 1100 g/mol. The number of hydrogen-bond donors (Lipinski definition) is 13. The van der Waals surface area contributed by atoms with Gasteiger partial charge in [-0.15, -0.1) is 0 Å². The second-order valence-corrected chi connectivity index (χ2v) is 21.8. The molecule has 0 spiro atoms. The van der Waals surface area contributed by atoms with Crippen LogP contribution in [-0.4, -0.2) is 180 Å². The number of carbonyl (C=O) groups excluding carboxylic acids is 2. The van der Waals surface area contributed by atoms with Gasteiger partial charge in [0.15, 0.2) is 11.7 Å². The van der Waals surface area contributed by atoms with Gasteiger partial charge >= 0.3 is 17.9 Å². The molecule has 0 aromatic heterocycles. The number of cyclic esters (lactones) is 1. The van der Waals surface area contributed by atoms with Gasteiger partial charge in [0, 0.05) is 82.5 Å². The summed E-state index contributed by atoms with van der Waals surface area (Å²) in [6.45, 7) is 13.1. The Hall–Kier alpha value is -4.06. The van der Waals surface area contributed by atoms with Gasteiger partial charge in [-0.25, -0.2) is 4.79 Å². The molecule has 0 unspecified atom stereocenters. The number of aliphatic imine (C=N–C) groups is 1. The zero-order valence-electron chi connectivity index (χ0n) is 47.1. The number of aliphatic carboxylic acids is 1. The van der Waals surface area contributed by atoms with Gasteiger partial charge in [-0.05, 0) is 82.6 Å². The number of rotatable bonds is 12. The Labute approximate surface area is 456 Å². The number of nitrogens with one attached hydrogen (secondary N) is 2. The van der Waals surface area contributed by atoms with Crippen molar-refractivity contribution in [3.63, 3.8) is 0 Å². The Kier molecular flexibility index (Phi) is 31.9. The lowest BCUT2D eigenvalue weighted by atomic mass is 9.84. The van der Waals surface area contributed by atoms with E-state index in [9.17, 15) is 70.6 Å². The quantitative estimate of drug-likeness (QED) is 0.0331. The van der Waals surface area contributed by atoms with Crippen LogP contribution in [0.5, 0.6) is 0 Å². The number of ether oxygens (including phenoxy) is 3. The number of aliphatic hydroxyl groups excluding tert-OH is 9. The molecule has 2 bridgehead atoms. The molecule has 0 saturated carbocycles. The fourth-order valence-electron chi connectivity index (χ4n) is 9.63. The van der Waals surface area contributed by atoms with Crippen molar-refractivity contribution in [3.8, 4) is 0 Å². The van der Waals surface area contributed by atoms with Gasteiger partial charge in [-0.2, -0.15) is 0 Å². The van der Waals surface area contributed by atoms with Crippen molar-refractivity contribution >= 4 is 23.9 Å². The van der Waals surface area contributed by atoms with Crippen LogP contribution in [0.4, 0.5) is 0 Å².